The molecule has 82 valence electrons. The number of carbonyl (C=O) groups is 1. The van der Waals surface area contributed by atoms with Crippen LogP contribution < -0.4 is 0 Å². The van der Waals surface area contributed by atoms with E-state index < -0.39 is 12.4 Å². The second-order valence-electron chi connectivity index (χ2n) is 3.05. The van der Waals surface area contributed by atoms with Gasteiger partial charge < -0.3 is 4.74 Å². The number of hydrogen-bond donors (Lipinski definition) is 0. The van der Waals surface area contributed by atoms with Crippen LogP contribution in [0.2, 0.25) is 0 Å². The Labute approximate surface area is 86.1 Å². The number of rotatable bonds is 3. The van der Waals surface area contributed by atoms with Gasteiger partial charge >= 0.3 is 5.97 Å². The number of nitrogens with zero attached hydrogens (tertiary/aromatic N) is 1. The van der Waals surface area contributed by atoms with Gasteiger partial charge in [-0.3, -0.25) is 9.78 Å². The second-order valence-corrected chi connectivity index (χ2v) is 3.05. The average molecular weight is 215 g/mol. The molecule has 15 heavy (non-hydrogen) atoms. The molecule has 0 saturated carbocycles. The Kier molecular flexibility index (Phi) is 3.71. The quantitative estimate of drug-likeness (QED) is 0.724. The molecule has 5 heteroatoms. The van der Waals surface area contributed by atoms with Crippen LogP contribution in [0.15, 0.2) is 12.1 Å². The van der Waals surface area contributed by atoms with Gasteiger partial charge in [-0.15, -0.1) is 0 Å². The molecule has 1 heterocycles. The van der Waals surface area contributed by atoms with Crippen molar-refractivity contribution in [2.45, 2.75) is 19.8 Å². The van der Waals surface area contributed by atoms with Crippen LogP contribution in [-0.4, -0.2) is 18.1 Å². The van der Waals surface area contributed by atoms with Crippen molar-refractivity contribution in [3.63, 3.8) is 0 Å². The summed E-state index contributed by atoms with van der Waals surface area (Å²) in [5.41, 5.74) is 0.712. The first kappa shape index (κ1) is 11.6. The molecule has 0 aliphatic carbocycles. The molecule has 1 aromatic heterocycles. The van der Waals surface area contributed by atoms with Crippen LogP contribution in [0, 0.1) is 6.92 Å². The molecule has 1 rings (SSSR count). The molecule has 0 atom stereocenters. The fourth-order valence-corrected chi connectivity index (χ4v) is 1.10. The summed E-state index contributed by atoms with van der Waals surface area (Å²) in [7, 11) is 1.24. The molecule has 0 unspecified atom stereocenters. The summed E-state index contributed by atoms with van der Waals surface area (Å²) in [4.78, 5) is 14.7. The zero-order valence-electron chi connectivity index (χ0n) is 8.46. The Morgan fingerprint density at radius 1 is 1.53 bits per heavy atom. The number of esters is 1. The van der Waals surface area contributed by atoms with Gasteiger partial charge in [-0.2, -0.15) is 0 Å². The summed E-state index contributed by atoms with van der Waals surface area (Å²) in [6, 6.07) is 2.77. The zero-order chi connectivity index (χ0) is 11.4. The summed E-state index contributed by atoms with van der Waals surface area (Å²) < 4.78 is 29.1. The van der Waals surface area contributed by atoms with Gasteiger partial charge in [0.25, 0.3) is 6.43 Å². The molecule has 0 N–H and O–H groups in total. The van der Waals surface area contributed by atoms with Crippen molar-refractivity contribution >= 4 is 5.97 Å². The molecule has 0 bridgehead atoms. The highest BCUT2D eigenvalue weighted by Crippen LogP contribution is 2.18. The lowest BCUT2D eigenvalue weighted by Gasteiger charge is -2.06. The van der Waals surface area contributed by atoms with Crippen LogP contribution in [0.5, 0.6) is 0 Å². The van der Waals surface area contributed by atoms with Gasteiger partial charge in [0.05, 0.1) is 19.2 Å². The third-order valence-electron chi connectivity index (χ3n) is 1.99. The maximum Gasteiger partial charge on any atom is 0.311 e. The number of aromatic nitrogens is 1. The number of hydrogen-bond acceptors (Lipinski definition) is 3. The van der Waals surface area contributed by atoms with E-state index in [0.29, 0.717) is 11.3 Å². The van der Waals surface area contributed by atoms with Crippen molar-refractivity contribution in [3.8, 4) is 0 Å². The minimum Gasteiger partial charge on any atom is -0.469 e. The molecule has 0 aliphatic heterocycles. The van der Waals surface area contributed by atoms with Gasteiger partial charge in [-0.1, -0.05) is 6.07 Å². The first-order valence-corrected chi connectivity index (χ1v) is 4.36. The van der Waals surface area contributed by atoms with Crippen molar-refractivity contribution in [2.24, 2.45) is 0 Å². The highest BCUT2D eigenvalue weighted by Gasteiger charge is 2.13. The van der Waals surface area contributed by atoms with Crippen LogP contribution in [-0.2, 0) is 16.0 Å². The predicted octanol–water partition coefficient (Wildman–Crippen LogP) is 2.04. The molecule has 0 radical (unpaired) electrons. The van der Waals surface area contributed by atoms with Crippen LogP contribution in [0.3, 0.4) is 0 Å². The molecule has 3 nitrogen and oxygen atoms in total. The summed E-state index contributed by atoms with van der Waals surface area (Å²) in [6.45, 7) is 1.71. The van der Waals surface area contributed by atoms with E-state index in [-0.39, 0.29) is 12.1 Å². The van der Waals surface area contributed by atoms with Gasteiger partial charge in [-0.25, -0.2) is 8.78 Å². The average Bonchev–Trinajstić information content (AvgIpc) is 2.20. The maximum absolute atomic E-state index is 12.3. The van der Waals surface area contributed by atoms with Crippen LogP contribution in [0.25, 0.3) is 0 Å². The van der Waals surface area contributed by atoms with Crippen molar-refractivity contribution in [3.05, 3.63) is 29.1 Å². The fourth-order valence-electron chi connectivity index (χ4n) is 1.10. The Bertz CT molecular complexity index is 366. The molecule has 0 saturated heterocycles. The van der Waals surface area contributed by atoms with E-state index in [2.05, 4.69) is 9.72 Å². The van der Waals surface area contributed by atoms with E-state index in [4.69, 9.17) is 0 Å². The number of alkyl halides is 2. The molecular formula is C10H11F2NO2. The summed E-state index contributed by atoms with van der Waals surface area (Å²) in [5.74, 6) is -0.489. The van der Waals surface area contributed by atoms with E-state index in [1.165, 1.54) is 19.2 Å². The standard InChI is InChI=1S/C10H11F2NO2/c1-6-3-4-7(10(11)12)13-8(6)5-9(14)15-2/h3-4,10H,5H2,1-2H3. The number of ether oxygens (including phenoxy) is 1. The Morgan fingerprint density at radius 3 is 2.73 bits per heavy atom. The van der Waals surface area contributed by atoms with Gasteiger partial charge in [0.1, 0.15) is 5.69 Å². The molecular weight excluding hydrogens is 204 g/mol. The van der Waals surface area contributed by atoms with Gasteiger partial charge in [0, 0.05) is 0 Å². The SMILES string of the molecule is COC(=O)Cc1nc(C(F)F)ccc1C. The third kappa shape index (κ3) is 2.97. The first-order valence-electron chi connectivity index (χ1n) is 4.36. The normalized spacial score (nSPS) is 10.5. The predicted molar refractivity (Wildman–Crippen MR) is 49.7 cm³/mol. The summed E-state index contributed by atoms with van der Waals surface area (Å²) in [5, 5.41) is 0. The largest absolute Gasteiger partial charge is 0.469 e. The minimum absolute atomic E-state index is 0.0805. The van der Waals surface area contributed by atoms with Crippen molar-refractivity contribution < 1.29 is 18.3 Å². The fraction of sp³-hybridized carbons (Fsp3) is 0.400. The number of pyridine rings is 1. The van der Waals surface area contributed by atoms with Gasteiger partial charge in [0.2, 0.25) is 0 Å². The number of halogens is 2. The Hall–Kier alpha value is -1.52. The summed E-state index contributed by atoms with van der Waals surface area (Å²) in [6.07, 6.45) is -2.70. The van der Waals surface area contributed by atoms with Crippen molar-refractivity contribution in [1.29, 1.82) is 0 Å². The van der Waals surface area contributed by atoms with E-state index >= 15 is 0 Å². The van der Waals surface area contributed by atoms with E-state index in [9.17, 15) is 13.6 Å². The Balaban J connectivity index is 2.95. The molecule has 0 aromatic carbocycles. The lowest BCUT2D eigenvalue weighted by Crippen LogP contribution is -2.09. The van der Waals surface area contributed by atoms with Crippen LogP contribution >= 0.6 is 0 Å². The van der Waals surface area contributed by atoms with Crippen LogP contribution in [0.4, 0.5) is 8.78 Å². The molecule has 1 aromatic rings. The van der Waals surface area contributed by atoms with E-state index in [1.54, 1.807) is 6.92 Å². The van der Waals surface area contributed by atoms with Crippen molar-refractivity contribution in [2.75, 3.05) is 7.11 Å². The molecule has 0 spiro atoms. The first-order chi connectivity index (χ1) is 7.04. The smallest absolute Gasteiger partial charge is 0.311 e. The zero-order valence-corrected chi connectivity index (χ0v) is 8.46. The van der Waals surface area contributed by atoms with Crippen molar-refractivity contribution in [1.82, 2.24) is 4.98 Å². The minimum atomic E-state index is -2.62. The summed E-state index contributed by atoms with van der Waals surface area (Å²) >= 11 is 0. The van der Waals surface area contributed by atoms with Gasteiger partial charge in [-0.05, 0) is 18.6 Å². The maximum atomic E-state index is 12.3. The number of aryl methyl sites for hydroxylation is 1. The van der Waals surface area contributed by atoms with E-state index in [1.807, 2.05) is 0 Å². The molecule has 0 aliphatic rings. The Morgan fingerprint density at radius 2 is 2.20 bits per heavy atom. The highest BCUT2D eigenvalue weighted by molar-refractivity contribution is 5.72. The third-order valence-corrected chi connectivity index (χ3v) is 1.99. The highest BCUT2D eigenvalue weighted by atomic mass is 19.3. The lowest BCUT2D eigenvalue weighted by molar-refractivity contribution is -0.139. The number of methoxy groups -OCH3 is 1. The monoisotopic (exact) mass is 215 g/mol. The van der Waals surface area contributed by atoms with Crippen LogP contribution in [0.1, 0.15) is 23.4 Å². The van der Waals surface area contributed by atoms with Gasteiger partial charge in [0.15, 0.2) is 0 Å². The molecule has 0 fully saturated rings. The lowest BCUT2D eigenvalue weighted by atomic mass is 10.1. The van der Waals surface area contributed by atoms with E-state index in [0.717, 1.165) is 0 Å². The second kappa shape index (κ2) is 4.82. The topological polar surface area (TPSA) is 39.2 Å². The molecule has 0 amide bonds. The number of carbonyl (C=O) groups excluding carboxylic acids is 1.